The number of nitrogens with zero attached hydrogens (tertiary/aromatic N) is 2. The molecule has 2 atom stereocenters. The molecule has 2 aromatic rings. The summed E-state index contributed by atoms with van der Waals surface area (Å²) in [4.78, 5) is 6.87. The smallest absolute Gasteiger partial charge is 0.194 e. The number of hydrogen-bond donors (Lipinski definition) is 1. The second-order valence-electron chi connectivity index (χ2n) is 7.20. The number of nitrogens with one attached hydrogen (secondary N) is 1. The van der Waals surface area contributed by atoms with Gasteiger partial charge in [0.25, 0.3) is 0 Å². The quantitative estimate of drug-likeness (QED) is 0.668. The van der Waals surface area contributed by atoms with Crippen molar-refractivity contribution in [2.24, 2.45) is 4.99 Å². The number of aliphatic imine (C=N–C) groups is 1. The Hall–Kier alpha value is -2.69. The van der Waals surface area contributed by atoms with Crippen LogP contribution in [0.3, 0.4) is 0 Å². The van der Waals surface area contributed by atoms with E-state index in [4.69, 9.17) is 9.47 Å². The van der Waals surface area contributed by atoms with Crippen LogP contribution in [-0.4, -0.2) is 44.7 Å². The van der Waals surface area contributed by atoms with E-state index in [9.17, 15) is 0 Å². The van der Waals surface area contributed by atoms with Crippen molar-refractivity contribution in [2.45, 2.75) is 31.3 Å². The van der Waals surface area contributed by atoms with Gasteiger partial charge in [-0.15, -0.1) is 0 Å². The highest BCUT2D eigenvalue weighted by Gasteiger charge is 2.39. The van der Waals surface area contributed by atoms with Gasteiger partial charge in [0, 0.05) is 32.1 Å². The number of methoxy groups -OCH3 is 2. The van der Waals surface area contributed by atoms with E-state index < -0.39 is 0 Å². The van der Waals surface area contributed by atoms with E-state index in [-0.39, 0.29) is 0 Å². The number of ether oxygens (including phenoxy) is 2. The molecule has 2 aromatic carbocycles. The molecule has 142 valence electrons. The van der Waals surface area contributed by atoms with Crippen molar-refractivity contribution in [3.8, 4) is 11.5 Å². The lowest BCUT2D eigenvalue weighted by atomic mass is 9.99. The maximum Gasteiger partial charge on any atom is 0.194 e. The fraction of sp³-hybridized carbons (Fsp3) is 0.409. The maximum absolute atomic E-state index is 5.47. The largest absolute Gasteiger partial charge is 0.493 e. The Labute approximate surface area is 161 Å². The first-order valence-electron chi connectivity index (χ1n) is 9.50. The molecule has 1 aliphatic carbocycles. The molecule has 0 aromatic heterocycles. The van der Waals surface area contributed by atoms with Crippen LogP contribution in [-0.2, 0) is 13.0 Å². The van der Waals surface area contributed by atoms with Crippen LogP contribution < -0.4 is 14.8 Å². The number of hydrogen-bond acceptors (Lipinski definition) is 3. The third-order valence-electron chi connectivity index (χ3n) is 5.56. The summed E-state index contributed by atoms with van der Waals surface area (Å²) in [5.74, 6) is 3.16. The van der Waals surface area contributed by atoms with Crippen molar-refractivity contribution in [1.82, 2.24) is 10.2 Å². The van der Waals surface area contributed by atoms with Crippen LogP contribution in [0.2, 0.25) is 0 Å². The fourth-order valence-electron chi connectivity index (χ4n) is 3.95. The Morgan fingerprint density at radius 1 is 1.07 bits per heavy atom. The Morgan fingerprint density at radius 2 is 1.78 bits per heavy atom. The molecule has 5 nitrogen and oxygen atoms in total. The van der Waals surface area contributed by atoms with E-state index in [1.165, 1.54) is 23.1 Å². The van der Waals surface area contributed by atoms with Gasteiger partial charge in [-0.3, -0.25) is 4.99 Å². The van der Waals surface area contributed by atoms with Crippen LogP contribution >= 0.6 is 0 Å². The van der Waals surface area contributed by atoms with Crippen molar-refractivity contribution in [3.63, 3.8) is 0 Å². The average molecular weight is 365 g/mol. The van der Waals surface area contributed by atoms with Crippen LogP contribution in [0.15, 0.2) is 47.5 Å². The first-order valence-corrected chi connectivity index (χ1v) is 9.50. The number of guanidine groups is 1. The van der Waals surface area contributed by atoms with E-state index in [2.05, 4.69) is 57.7 Å². The van der Waals surface area contributed by atoms with Gasteiger partial charge in [-0.1, -0.05) is 30.3 Å². The molecule has 1 heterocycles. The highest BCUT2D eigenvalue weighted by Crippen LogP contribution is 2.41. The zero-order valence-electron chi connectivity index (χ0n) is 16.2. The number of benzene rings is 2. The van der Waals surface area contributed by atoms with E-state index in [0.29, 0.717) is 12.0 Å². The molecular formula is C22H27N3O2. The number of rotatable bonds is 4. The highest BCUT2D eigenvalue weighted by molar-refractivity contribution is 5.81. The van der Waals surface area contributed by atoms with Crippen LogP contribution in [0.25, 0.3) is 0 Å². The molecule has 1 N–H and O–H groups in total. The van der Waals surface area contributed by atoms with Gasteiger partial charge in [0.15, 0.2) is 17.5 Å². The molecule has 4 rings (SSSR count). The average Bonchev–Trinajstić information content (AvgIpc) is 3.50. The van der Waals surface area contributed by atoms with Crippen molar-refractivity contribution in [2.75, 3.05) is 27.8 Å². The Balaban J connectivity index is 1.45. The minimum atomic E-state index is 0.470. The highest BCUT2D eigenvalue weighted by atomic mass is 16.5. The van der Waals surface area contributed by atoms with E-state index in [1.54, 1.807) is 14.2 Å². The summed E-state index contributed by atoms with van der Waals surface area (Å²) >= 11 is 0. The summed E-state index contributed by atoms with van der Waals surface area (Å²) in [6.45, 7) is 1.78. The normalized spacial score (nSPS) is 21.4. The minimum Gasteiger partial charge on any atom is -0.493 e. The molecule has 0 spiro atoms. The zero-order valence-corrected chi connectivity index (χ0v) is 16.2. The SMILES string of the molecule is CN=C(NC1CC1c1ccccc1)N1CCc2cc(OC)c(OC)cc2C1. The van der Waals surface area contributed by atoms with Crippen molar-refractivity contribution >= 4 is 5.96 Å². The molecule has 1 aliphatic heterocycles. The molecule has 2 aliphatic rings. The predicted molar refractivity (Wildman–Crippen MR) is 108 cm³/mol. The topological polar surface area (TPSA) is 46.1 Å². The Morgan fingerprint density at radius 3 is 2.44 bits per heavy atom. The molecule has 0 amide bonds. The van der Waals surface area contributed by atoms with E-state index in [0.717, 1.165) is 37.0 Å². The summed E-state index contributed by atoms with van der Waals surface area (Å²) in [7, 11) is 5.23. The van der Waals surface area contributed by atoms with Crippen molar-refractivity contribution in [1.29, 1.82) is 0 Å². The van der Waals surface area contributed by atoms with Gasteiger partial charge in [-0.05, 0) is 41.7 Å². The summed E-state index contributed by atoms with van der Waals surface area (Å²) in [6, 6.07) is 15.4. The Kier molecular flexibility index (Phi) is 4.92. The lowest BCUT2D eigenvalue weighted by Crippen LogP contribution is -2.45. The maximum atomic E-state index is 5.47. The third kappa shape index (κ3) is 3.59. The number of fused-ring (bicyclic) bond motifs is 1. The van der Waals surface area contributed by atoms with Crippen molar-refractivity contribution in [3.05, 3.63) is 59.2 Å². The van der Waals surface area contributed by atoms with E-state index in [1.807, 2.05) is 7.05 Å². The molecule has 5 heteroatoms. The van der Waals surface area contributed by atoms with Crippen LogP contribution in [0.1, 0.15) is 29.0 Å². The van der Waals surface area contributed by atoms with Crippen LogP contribution in [0.4, 0.5) is 0 Å². The molecular weight excluding hydrogens is 338 g/mol. The Bertz CT molecular complexity index is 835. The first-order chi connectivity index (χ1) is 13.2. The lowest BCUT2D eigenvalue weighted by Gasteiger charge is -2.32. The van der Waals surface area contributed by atoms with Gasteiger partial charge in [-0.2, -0.15) is 0 Å². The predicted octanol–water partition coefficient (Wildman–Crippen LogP) is 3.19. The van der Waals surface area contributed by atoms with Crippen LogP contribution in [0, 0.1) is 0 Å². The van der Waals surface area contributed by atoms with Gasteiger partial charge in [0.2, 0.25) is 0 Å². The fourth-order valence-corrected chi connectivity index (χ4v) is 3.95. The molecule has 0 bridgehead atoms. The van der Waals surface area contributed by atoms with Gasteiger partial charge in [-0.25, -0.2) is 0 Å². The monoisotopic (exact) mass is 365 g/mol. The summed E-state index contributed by atoms with van der Waals surface area (Å²) in [5, 5.41) is 3.66. The van der Waals surface area contributed by atoms with Gasteiger partial charge >= 0.3 is 0 Å². The molecule has 1 fully saturated rings. The molecule has 2 unspecified atom stereocenters. The summed E-state index contributed by atoms with van der Waals surface area (Å²) in [5.41, 5.74) is 4.01. The van der Waals surface area contributed by atoms with Crippen LogP contribution in [0.5, 0.6) is 11.5 Å². The van der Waals surface area contributed by atoms with Gasteiger partial charge in [0.1, 0.15) is 0 Å². The summed E-state index contributed by atoms with van der Waals surface area (Å²) in [6.07, 6.45) is 2.14. The molecule has 0 radical (unpaired) electrons. The second kappa shape index (κ2) is 7.51. The van der Waals surface area contributed by atoms with Gasteiger partial charge < -0.3 is 19.7 Å². The lowest BCUT2D eigenvalue weighted by molar-refractivity contribution is 0.346. The standard InChI is InChI=1S/C22H27N3O2/c1-23-22(24-19-13-18(19)15-7-5-4-6-8-15)25-10-9-16-11-20(26-2)21(27-3)12-17(16)14-25/h4-8,11-12,18-19H,9-10,13-14H2,1-3H3,(H,23,24). The zero-order chi connectivity index (χ0) is 18.8. The van der Waals surface area contributed by atoms with E-state index >= 15 is 0 Å². The van der Waals surface area contributed by atoms with Gasteiger partial charge in [0.05, 0.1) is 14.2 Å². The minimum absolute atomic E-state index is 0.470. The first kappa shape index (κ1) is 17.7. The molecule has 27 heavy (non-hydrogen) atoms. The summed E-state index contributed by atoms with van der Waals surface area (Å²) < 4.78 is 10.9. The third-order valence-corrected chi connectivity index (χ3v) is 5.56. The molecule has 1 saturated carbocycles. The second-order valence-corrected chi connectivity index (χ2v) is 7.20. The molecule has 0 saturated heterocycles. The van der Waals surface area contributed by atoms with Crippen molar-refractivity contribution < 1.29 is 9.47 Å².